The Kier molecular flexibility index (Phi) is 7.13. The highest BCUT2D eigenvalue weighted by Crippen LogP contribution is 2.25. The summed E-state index contributed by atoms with van der Waals surface area (Å²) in [5.74, 6) is 1.06. The summed E-state index contributed by atoms with van der Waals surface area (Å²) in [5.41, 5.74) is 0. The Labute approximate surface area is 168 Å². The number of hydrogen-bond acceptors (Lipinski definition) is 7. The van der Waals surface area contributed by atoms with Crippen LogP contribution in [0.15, 0.2) is 28.0 Å². The zero-order chi connectivity index (χ0) is 19.9. The molecule has 1 aliphatic rings. The van der Waals surface area contributed by atoms with Crippen molar-refractivity contribution in [3.05, 3.63) is 18.4 Å². The van der Waals surface area contributed by atoms with Crippen LogP contribution in [0.25, 0.3) is 11.6 Å². The van der Waals surface area contributed by atoms with Crippen molar-refractivity contribution in [2.24, 2.45) is 5.92 Å². The molecule has 3 rings (SSSR count). The number of carbonyl (C=O) groups is 2. The summed E-state index contributed by atoms with van der Waals surface area (Å²) in [7, 11) is 0. The molecule has 1 amide bonds. The molecule has 0 spiro atoms. The highest BCUT2D eigenvalue weighted by molar-refractivity contribution is 7.99. The predicted molar refractivity (Wildman–Crippen MR) is 105 cm³/mol. The van der Waals surface area contributed by atoms with Crippen molar-refractivity contribution < 1.29 is 18.7 Å². The van der Waals surface area contributed by atoms with Gasteiger partial charge in [-0.25, -0.2) is 0 Å². The molecule has 2 atom stereocenters. The molecule has 2 aromatic heterocycles. The number of aromatic nitrogens is 3. The van der Waals surface area contributed by atoms with Crippen LogP contribution in [-0.4, -0.2) is 45.0 Å². The van der Waals surface area contributed by atoms with Crippen LogP contribution in [0.5, 0.6) is 0 Å². The van der Waals surface area contributed by atoms with E-state index in [1.54, 1.807) is 12.3 Å². The number of thioether (sulfide) groups is 1. The summed E-state index contributed by atoms with van der Waals surface area (Å²) in [6.07, 6.45) is 6.03. The van der Waals surface area contributed by atoms with Crippen molar-refractivity contribution in [2.45, 2.75) is 57.3 Å². The second-order valence-corrected chi connectivity index (χ2v) is 7.86. The molecule has 8 nitrogen and oxygen atoms in total. The summed E-state index contributed by atoms with van der Waals surface area (Å²) in [5, 5.41) is 11.8. The van der Waals surface area contributed by atoms with Gasteiger partial charge >= 0.3 is 5.97 Å². The van der Waals surface area contributed by atoms with Gasteiger partial charge in [0.1, 0.15) is 0 Å². The maximum atomic E-state index is 12.0. The summed E-state index contributed by atoms with van der Waals surface area (Å²) in [6, 6.07) is 3.77. The quantitative estimate of drug-likeness (QED) is 0.531. The predicted octanol–water partition coefficient (Wildman–Crippen LogP) is 2.89. The fraction of sp³-hybridized carbons (Fsp3) is 0.579. The smallest absolute Gasteiger partial charge is 0.316 e. The molecule has 0 bridgehead atoms. The average Bonchev–Trinajstić information content (AvgIpc) is 3.35. The van der Waals surface area contributed by atoms with E-state index in [0.717, 1.165) is 19.3 Å². The first kappa shape index (κ1) is 20.4. The van der Waals surface area contributed by atoms with Crippen molar-refractivity contribution in [3.8, 4) is 11.6 Å². The molecule has 1 aliphatic carbocycles. The van der Waals surface area contributed by atoms with E-state index in [4.69, 9.17) is 9.15 Å². The zero-order valence-corrected chi connectivity index (χ0v) is 17.0. The van der Waals surface area contributed by atoms with Gasteiger partial charge in [-0.3, -0.25) is 14.2 Å². The van der Waals surface area contributed by atoms with Crippen molar-refractivity contribution in [2.75, 3.05) is 12.4 Å². The van der Waals surface area contributed by atoms with Crippen LogP contribution in [0.2, 0.25) is 0 Å². The number of nitrogens with one attached hydrogen (secondary N) is 1. The first-order valence-electron chi connectivity index (χ1n) is 9.63. The minimum atomic E-state index is -0.456. The van der Waals surface area contributed by atoms with Crippen LogP contribution in [0.4, 0.5) is 0 Å². The van der Waals surface area contributed by atoms with Gasteiger partial charge in [0.2, 0.25) is 0 Å². The van der Waals surface area contributed by atoms with E-state index in [2.05, 4.69) is 22.4 Å². The topological polar surface area (TPSA) is 99.2 Å². The van der Waals surface area contributed by atoms with Crippen molar-refractivity contribution in [1.29, 1.82) is 0 Å². The summed E-state index contributed by atoms with van der Waals surface area (Å²) >= 11 is 1.23. The maximum absolute atomic E-state index is 12.0. The van der Waals surface area contributed by atoms with Crippen molar-refractivity contribution >= 4 is 23.6 Å². The number of ether oxygens (including phenoxy) is 1. The third kappa shape index (κ3) is 5.15. The van der Waals surface area contributed by atoms with Crippen LogP contribution >= 0.6 is 11.8 Å². The minimum Gasteiger partial charge on any atom is -0.461 e. The number of furan rings is 1. The van der Waals surface area contributed by atoms with Gasteiger partial charge in [-0.15, -0.1) is 10.2 Å². The lowest BCUT2D eigenvalue weighted by molar-refractivity contribution is -0.146. The van der Waals surface area contributed by atoms with Gasteiger partial charge in [0.25, 0.3) is 5.91 Å². The number of nitrogens with zero attached hydrogens (tertiary/aromatic N) is 3. The lowest BCUT2D eigenvalue weighted by Crippen LogP contribution is -2.43. The normalized spacial score (nSPS) is 19.4. The van der Waals surface area contributed by atoms with E-state index < -0.39 is 5.97 Å². The van der Waals surface area contributed by atoms with E-state index in [-0.39, 0.29) is 24.3 Å². The Morgan fingerprint density at radius 2 is 2.18 bits per heavy atom. The molecule has 0 saturated heterocycles. The Hall–Kier alpha value is -2.29. The third-order valence-corrected chi connectivity index (χ3v) is 5.86. The van der Waals surface area contributed by atoms with Crippen molar-refractivity contribution in [3.63, 3.8) is 0 Å². The average molecular weight is 407 g/mol. The van der Waals surface area contributed by atoms with Gasteiger partial charge in [-0.1, -0.05) is 31.5 Å². The van der Waals surface area contributed by atoms with E-state index in [1.807, 2.05) is 17.6 Å². The Morgan fingerprint density at radius 3 is 2.89 bits per heavy atom. The molecule has 2 unspecified atom stereocenters. The fourth-order valence-electron chi connectivity index (χ4n) is 3.36. The molecule has 2 aromatic rings. The zero-order valence-electron chi connectivity index (χ0n) is 16.2. The molecule has 28 heavy (non-hydrogen) atoms. The molecule has 2 heterocycles. The fourth-order valence-corrected chi connectivity index (χ4v) is 4.16. The van der Waals surface area contributed by atoms with Gasteiger partial charge in [-0.2, -0.15) is 0 Å². The molecule has 0 aliphatic heterocycles. The highest BCUT2D eigenvalue weighted by atomic mass is 32.2. The van der Waals surface area contributed by atoms with Gasteiger partial charge < -0.3 is 14.5 Å². The van der Waals surface area contributed by atoms with E-state index >= 15 is 0 Å². The number of esters is 1. The summed E-state index contributed by atoms with van der Waals surface area (Å²) in [6.45, 7) is 4.51. The third-order valence-electron chi connectivity index (χ3n) is 4.92. The lowest BCUT2D eigenvalue weighted by atomic mass is 9.86. The second-order valence-electron chi connectivity index (χ2n) is 6.91. The lowest BCUT2D eigenvalue weighted by Gasteiger charge is -2.29. The first-order valence-corrected chi connectivity index (χ1v) is 10.6. The molecule has 1 N–H and O–H groups in total. The molecule has 1 fully saturated rings. The molecular weight excluding hydrogens is 380 g/mol. The number of hydrogen-bond donors (Lipinski definition) is 1. The highest BCUT2D eigenvalue weighted by Gasteiger charge is 2.23. The Balaban J connectivity index is 1.45. The van der Waals surface area contributed by atoms with Gasteiger partial charge in [-0.05, 0) is 37.8 Å². The summed E-state index contributed by atoms with van der Waals surface area (Å²) in [4.78, 5) is 24.1. The van der Waals surface area contributed by atoms with Crippen LogP contribution in [0.3, 0.4) is 0 Å². The van der Waals surface area contributed by atoms with Gasteiger partial charge in [0.05, 0.1) is 12.0 Å². The number of carbonyl (C=O) groups excluding carboxylic acids is 2. The monoisotopic (exact) mass is 406 g/mol. The standard InChI is InChI=1S/C19H26N4O4S/c1-3-23-18(15-9-6-10-26-15)21-22-19(23)28-12-17(25)27-11-16(24)20-14-8-5-4-7-13(14)2/h6,9-10,13-14H,3-5,7-8,11-12H2,1-2H3,(H,20,24). The van der Waals surface area contributed by atoms with E-state index in [9.17, 15) is 9.59 Å². The van der Waals surface area contributed by atoms with Crippen LogP contribution < -0.4 is 5.32 Å². The van der Waals surface area contributed by atoms with Crippen LogP contribution in [0, 0.1) is 5.92 Å². The Morgan fingerprint density at radius 1 is 1.36 bits per heavy atom. The number of rotatable bonds is 8. The second kappa shape index (κ2) is 9.77. The SMILES string of the molecule is CCn1c(SCC(=O)OCC(=O)NC2CCCCC2C)nnc1-c1ccco1. The molecule has 0 radical (unpaired) electrons. The molecular formula is C19H26N4O4S. The first-order chi connectivity index (χ1) is 13.6. The van der Waals surface area contributed by atoms with E-state index in [1.165, 1.54) is 18.2 Å². The van der Waals surface area contributed by atoms with Crippen molar-refractivity contribution in [1.82, 2.24) is 20.1 Å². The molecule has 0 aromatic carbocycles. The van der Waals surface area contributed by atoms with Gasteiger partial charge in [0, 0.05) is 12.6 Å². The van der Waals surface area contributed by atoms with Crippen LogP contribution in [-0.2, 0) is 20.9 Å². The molecule has 9 heteroatoms. The van der Waals surface area contributed by atoms with Gasteiger partial charge in [0.15, 0.2) is 23.3 Å². The molecule has 152 valence electrons. The van der Waals surface area contributed by atoms with E-state index in [0.29, 0.717) is 29.2 Å². The van der Waals surface area contributed by atoms with Crippen LogP contribution in [0.1, 0.15) is 39.5 Å². The summed E-state index contributed by atoms with van der Waals surface area (Å²) < 4.78 is 12.3. The molecule has 1 saturated carbocycles. The largest absolute Gasteiger partial charge is 0.461 e. The maximum Gasteiger partial charge on any atom is 0.316 e. The number of amides is 1. The Bertz CT molecular complexity index is 790. The minimum absolute atomic E-state index is 0.0589.